The summed E-state index contributed by atoms with van der Waals surface area (Å²) >= 11 is 0. The molecular weight excluding hydrogens is 494 g/mol. The number of esters is 1. The van der Waals surface area contributed by atoms with Crippen LogP contribution < -0.4 is 9.80 Å². The van der Waals surface area contributed by atoms with Gasteiger partial charge in [-0.25, -0.2) is 4.79 Å². The van der Waals surface area contributed by atoms with E-state index in [1.54, 1.807) is 12.3 Å². The summed E-state index contributed by atoms with van der Waals surface area (Å²) in [5.74, 6) is -0.323. The second-order valence-corrected chi connectivity index (χ2v) is 11.0. The monoisotopic (exact) mass is 541 g/mol. The second-order valence-electron chi connectivity index (χ2n) is 11.0. The van der Waals surface area contributed by atoms with Crippen molar-refractivity contribution in [1.29, 1.82) is 0 Å². The van der Waals surface area contributed by atoms with Crippen LogP contribution in [0.4, 0.5) is 11.4 Å². The molecule has 2 heterocycles. The van der Waals surface area contributed by atoms with E-state index in [4.69, 9.17) is 9.72 Å². The van der Waals surface area contributed by atoms with Crippen molar-refractivity contribution in [3.8, 4) is 0 Å². The molecular formula is C35H47N3O2. The molecule has 5 nitrogen and oxygen atoms in total. The van der Waals surface area contributed by atoms with Gasteiger partial charge in [-0.15, -0.1) is 0 Å². The SMILES string of the molecule is CCCCN(CCCC)c1ccc(C2(c3ccc(N(CCCC)CCCC)cc3)OC(=O)c3cccnc32)cc1. The van der Waals surface area contributed by atoms with Gasteiger partial charge in [0.05, 0.1) is 5.56 Å². The highest BCUT2D eigenvalue weighted by Crippen LogP contribution is 2.46. The number of cyclic esters (lactones) is 1. The average molecular weight is 542 g/mol. The highest BCUT2D eigenvalue weighted by molar-refractivity contribution is 5.95. The fourth-order valence-corrected chi connectivity index (χ4v) is 5.60. The highest BCUT2D eigenvalue weighted by Gasteiger charge is 2.50. The molecule has 3 aromatic rings. The van der Waals surface area contributed by atoms with Crippen LogP contribution in [0.2, 0.25) is 0 Å². The number of benzene rings is 2. The van der Waals surface area contributed by atoms with Crippen molar-refractivity contribution in [1.82, 2.24) is 4.98 Å². The van der Waals surface area contributed by atoms with E-state index in [0.29, 0.717) is 11.3 Å². The lowest BCUT2D eigenvalue weighted by atomic mass is 9.82. The Balaban J connectivity index is 1.74. The maximum absolute atomic E-state index is 13.2. The van der Waals surface area contributed by atoms with Gasteiger partial charge in [0.1, 0.15) is 5.69 Å². The van der Waals surface area contributed by atoms with Gasteiger partial charge in [-0.05, 0) is 62.1 Å². The van der Waals surface area contributed by atoms with E-state index in [-0.39, 0.29) is 5.97 Å². The molecule has 0 fully saturated rings. The zero-order valence-electron chi connectivity index (χ0n) is 25.0. The van der Waals surface area contributed by atoms with Gasteiger partial charge < -0.3 is 14.5 Å². The minimum absolute atomic E-state index is 0.323. The van der Waals surface area contributed by atoms with Gasteiger partial charge in [-0.1, -0.05) is 77.6 Å². The van der Waals surface area contributed by atoms with Gasteiger partial charge >= 0.3 is 5.97 Å². The van der Waals surface area contributed by atoms with Gasteiger partial charge in [0.25, 0.3) is 0 Å². The number of fused-ring (bicyclic) bond motifs is 1. The predicted molar refractivity (Wildman–Crippen MR) is 166 cm³/mol. The first-order valence-corrected chi connectivity index (χ1v) is 15.5. The molecule has 1 aliphatic rings. The summed E-state index contributed by atoms with van der Waals surface area (Å²) in [5.41, 5.74) is 4.41. The number of pyridine rings is 1. The van der Waals surface area contributed by atoms with Crippen molar-refractivity contribution in [2.45, 2.75) is 84.7 Å². The smallest absolute Gasteiger partial charge is 0.341 e. The normalized spacial score (nSPS) is 13.7. The van der Waals surface area contributed by atoms with Crippen LogP contribution >= 0.6 is 0 Å². The Morgan fingerprint density at radius 3 is 1.48 bits per heavy atom. The summed E-state index contributed by atoms with van der Waals surface area (Å²) in [4.78, 5) is 22.9. The maximum Gasteiger partial charge on any atom is 0.341 e. The van der Waals surface area contributed by atoms with Crippen molar-refractivity contribution >= 4 is 17.3 Å². The van der Waals surface area contributed by atoms with Crippen molar-refractivity contribution in [3.63, 3.8) is 0 Å². The number of rotatable bonds is 16. The fraction of sp³-hybridized carbons (Fsp3) is 0.486. The van der Waals surface area contributed by atoms with E-state index in [9.17, 15) is 4.79 Å². The van der Waals surface area contributed by atoms with Crippen LogP contribution in [0.15, 0.2) is 66.9 Å². The molecule has 214 valence electrons. The minimum atomic E-state index is -1.07. The Labute approximate surface area is 241 Å². The quantitative estimate of drug-likeness (QED) is 0.171. The largest absolute Gasteiger partial charge is 0.439 e. The van der Waals surface area contributed by atoms with Crippen LogP contribution in [-0.4, -0.2) is 37.1 Å². The minimum Gasteiger partial charge on any atom is -0.439 e. The van der Waals surface area contributed by atoms with Crippen LogP contribution in [0.3, 0.4) is 0 Å². The van der Waals surface area contributed by atoms with Crippen LogP contribution in [-0.2, 0) is 10.3 Å². The van der Waals surface area contributed by atoms with E-state index < -0.39 is 5.60 Å². The standard InChI is InChI=1S/C35H47N3O2/c1-5-9-24-37(25-10-6-2)30-19-15-28(16-20-30)35(33-32(34(39)40-35)14-13-23-36-33)29-17-21-31(22-18-29)38(26-11-7-3)27-12-8-4/h13-23H,5-12,24-27H2,1-4H3. The Hall–Kier alpha value is -3.34. The Kier molecular flexibility index (Phi) is 10.6. The number of ether oxygens (including phenoxy) is 1. The van der Waals surface area contributed by atoms with Crippen LogP contribution in [0.5, 0.6) is 0 Å². The van der Waals surface area contributed by atoms with E-state index in [1.807, 2.05) is 6.07 Å². The van der Waals surface area contributed by atoms with E-state index >= 15 is 0 Å². The molecule has 1 aliphatic heterocycles. The van der Waals surface area contributed by atoms with Crippen LogP contribution in [0.1, 0.15) is 106 Å². The van der Waals surface area contributed by atoms with Crippen LogP contribution in [0.25, 0.3) is 0 Å². The molecule has 0 aliphatic carbocycles. The van der Waals surface area contributed by atoms with Crippen molar-refractivity contribution in [2.24, 2.45) is 0 Å². The Bertz CT molecular complexity index is 1130. The summed E-state index contributed by atoms with van der Waals surface area (Å²) in [7, 11) is 0. The molecule has 0 spiro atoms. The Morgan fingerprint density at radius 1 is 0.650 bits per heavy atom. The lowest BCUT2D eigenvalue weighted by Crippen LogP contribution is -2.31. The Morgan fingerprint density at radius 2 is 1.07 bits per heavy atom. The number of carbonyl (C=O) groups is 1. The molecule has 5 heteroatoms. The van der Waals surface area contributed by atoms with Crippen LogP contribution in [0, 0.1) is 0 Å². The second kappa shape index (κ2) is 14.3. The molecule has 0 saturated heterocycles. The summed E-state index contributed by atoms with van der Waals surface area (Å²) < 4.78 is 6.32. The first kappa shape index (κ1) is 29.6. The number of hydrogen-bond acceptors (Lipinski definition) is 5. The van der Waals surface area contributed by atoms with Gasteiger partial charge in [0, 0.05) is 54.9 Å². The molecule has 4 rings (SSSR count). The molecule has 0 radical (unpaired) electrons. The predicted octanol–water partition coefficient (Wildman–Crippen LogP) is 8.36. The molecule has 40 heavy (non-hydrogen) atoms. The lowest BCUT2D eigenvalue weighted by molar-refractivity contribution is 0.0243. The van der Waals surface area contributed by atoms with Crippen molar-refractivity contribution in [3.05, 3.63) is 89.2 Å². The lowest BCUT2D eigenvalue weighted by Gasteiger charge is -2.31. The van der Waals surface area contributed by atoms with Gasteiger partial charge in [-0.3, -0.25) is 4.98 Å². The van der Waals surface area contributed by atoms with E-state index in [1.165, 1.54) is 62.7 Å². The topological polar surface area (TPSA) is 45.7 Å². The summed E-state index contributed by atoms with van der Waals surface area (Å²) in [6.45, 7) is 13.2. The molecule has 0 amide bonds. The molecule has 0 bridgehead atoms. The first-order chi connectivity index (χ1) is 19.6. The van der Waals surface area contributed by atoms with Gasteiger partial charge in [-0.2, -0.15) is 0 Å². The maximum atomic E-state index is 13.2. The number of anilines is 2. The average Bonchev–Trinajstić information content (AvgIpc) is 3.31. The number of carbonyl (C=O) groups excluding carboxylic acids is 1. The van der Waals surface area contributed by atoms with Gasteiger partial charge in [0.15, 0.2) is 0 Å². The molecule has 0 N–H and O–H groups in total. The fourth-order valence-electron chi connectivity index (χ4n) is 5.60. The summed E-state index contributed by atoms with van der Waals surface area (Å²) in [6, 6.07) is 20.9. The molecule has 0 saturated carbocycles. The van der Waals surface area contributed by atoms with E-state index in [0.717, 1.165) is 37.3 Å². The zero-order chi connectivity index (χ0) is 28.4. The van der Waals surface area contributed by atoms with E-state index in [2.05, 4.69) is 86.0 Å². The number of nitrogens with zero attached hydrogens (tertiary/aromatic N) is 3. The molecule has 0 atom stereocenters. The van der Waals surface area contributed by atoms with Crippen molar-refractivity contribution < 1.29 is 9.53 Å². The molecule has 1 aromatic heterocycles. The molecule has 0 unspecified atom stereocenters. The first-order valence-electron chi connectivity index (χ1n) is 15.5. The summed E-state index contributed by atoms with van der Waals surface area (Å²) in [6.07, 6.45) is 11.1. The third-order valence-electron chi connectivity index (χ3n) is 8.01. The van der Waals surface area contributed by atoms with Crippen molar-refractivity contribution in [2.75, 3.05) is 36.0 Å². The zero-order valence-corrected chi connectivity index (χ0v) is 25.0. The number of aromatic nitrogens is 1. The third kappa shape index (κ3) is 6.35. The number of hydrogen-bond donors (Lipinski definition) is 0. The molecule has 2 aromatic carbocycles. The number of unbranched alkanes of at least 4 members (excludes halogenated alkanes) is 4. The highest BCUT2D eigenvalue weighted by atomic mass is 16.6. The third-order valence-corrected chi connectivity index (χ3v) is 8.01. The van der Waals surface area contributed by atoms with Gasteiger partial charge in [0.2, 0.25) is 5.60 Å². The summed E-state index contributed by atoms with van der Waals surface area (Å²) in [5, 5.41) is 0.